The van der Waals surface area contributed by atoms with E-state index in [9.17, 15) is 0 Å². The molecule has 1 N–H and O–H groups in total. The van der Waals surface area contributed by atoms with Crippen molar-refractivity contribution < 1.29 is 4.62 Å². The average molecular weight is 239 g/mol. The van der Waals surface area contributed by atoms with Crippen LogP contribution in [0.5, 0.6) is 0 Å². The van der Waals surface area contributed by atoms with Gasteiger partial charge in [-0.15, -0.1) is 0 Å². The van der Waals surface area contributed by atoms with Gasteiger partial charge in [0.2, 0.25) is 0 Å². The molecule has 88 valence electrons. The fourth-order valence-corrected chi connectivity index (χ4v) is 2.10. The molecule has 0 saturated carbocycles. The molecule has 4 nitrogen and oxygen atoms in total. The quantitative estimate of drug-likeness (QED) is 0.810. The number of hydroxylamine groups is 2. The van der Waals surface area contributed by atoms with E-state index in [4.69, 9.17) is 4.62 Å². The highest BCUT2D eigenvalue weighted by molar-refractivity contribution is 7.09. The zero-order valence-corrected chi connectivity index (χ0v) is 10.7. The molecule has 16 heavy (non-hydrogen) atoms. The van der Waals surface area contributed by atoms with Crippen LogP contribution >= 0.6 is 9.47 Å². The van der Waals surface area contributed by atoms with E-state index in [1.165, 1.54) is 5.69 Å². The first-order valence-electron chi connectivity index (χ1n) is 5.48. The van der Waals surface area contributed by atoms with Crippen LogP contribution in [0.2, 0.25) is 0 Å². The van der Waals surface area contributed by atoms with Crippen LogP contribution in [0.15, 0.2) is 24.3 Å². The summed E-state index contributed by atoms with van der Waals surface area (Å²) in [4.78, 5) is 2.37. The number of nitrogens with one attached hydrogen (secondary N) is 1. The van der Waals surface area contributed by atoms with Crippen molar-refractivity contribution in [3.05, 3.63) is 24.3 Å². The molecule has 1 aromatic rings. The number of nitrogens with zero attached hydrogens (tertiary/aromatic N) is 2. The molecule has 0 aliphatic carbocycles. The monoisotopic (exact) mass is 239 g/mol. The van der Waals surface area contributed by atoms with Crippen molar-refractivity contribution in [1.82, 2.24) is 5.06 Å². The molecule has 1 aliphatic heterocycles. The Morgan fingerprint density at radius 1 is 1.12 bits per heavy atom. The van der Waals surface area contributed by atoms with Gasteiger partial charge in [-0.3, -0.25) is 4.62 Å². The van der Waals surface area contributed by atoms with E-state index in [-0.39, 0.29) is 0 Å². The molecule has 1 unspecified atom stereocenters. The van der Waals surface area contributed by atoms with E-state index in [0.717, 1.165) is 31.9 Å². The van der Waals surface area contributed by atoms with Gasteiger partial charge < -0.3 is 10.2 Å². The summed E-state index contributed by atoms with van der Waals surface area (Å²) in [5.41, 5.74) is 2.43. The van der Waals surface area contributed by atoms with Crippen molar-refractivity contribution in [1.29, 1.82) is 0 Å². The first-order chi connectivity index (χ1) is 7.83. The number of benzene rings is 1. The van der Waals surface area contributed by atoms with Gasteiger partial charge in [0.15, 0.2) is 0 Å². The van der Waals surface area contributed by atoms with E-state index in [0.29, 0.717) is 0 Å². The fourth-order valence-electron chi connectivity index (χ4n) is 1.89. The van der Waals surface area contributed by atoms with Crippen LogP contribution in [0, 0.1) is 0 Å². The summed E-state index contributed by atoms with van der Waals surface area (Å²) < 4.78 is 5.13. The van der Waals surface area contributed by atoms with Crippen molar-refractivity contribution in [3.63, 3.8) is 0 Å². The Morgan fingerprint density at radius 3 is 2.25 bits per heavy atom. The second kappa shape index (κ2) is 5.48. The molecule has 0 spiro atoms. The second-order valence-electron chi connectivity index (χ2n) is 3.82. The number of rotatable bonds is 3. The zero-order chi connectivity index (χ0) is 11.4. The molecular formula is C11H18N3OP. The molecule has 0 bridgehead atoms. The summed E-state index contributed by atoms with van der Waals surface area (Å²) in [6.45, 7) is 3.90. The van der Waals surface area contributed by atoms with Crippen LogP contribution in [0.4, 0.5) is 11.4 Å². The molecule has 1 aliphatic rings. The molecule has 1 saturated heterocycles. The van der Waals surface area contributed by atoms with Crippen molar-refractivity contribution in [2.45, 2.75) is 0 Å². The summed E-state index contributed by atoms with van der Waals surface area (Å²) in [6, 6.07) is 8.52. The highest BCUT2D eigenvalue weighted by atomic mass is 31.0. The number of hydrogen-bond acceptors (Lipinski definition) is 4. The topological polar surface area (TPSA) is 27.7 Å². The van der Waals surface area contributed by atoms with Crippen LogP contribution in [-0.4, -0.2) is 38.3 Å². The Morgan fingerprint density at radius 2 is 1.75 bits per heavy atom. The van der Waals surface area contributed by atoms with E-state index in [2.05, 4.69) is 43.9 Å². The molecule has 5 heteroatoms. The molecule has 2 rings (SSSR count). The van der Waals surface area contributed by atoms with Gasteiger partial charge in [0, 0.05) is 54.1 Å². The van der Waals surface area contributed by atoms with Gasteiger partial charge in [0.05, 0.1) is 0 Å². The Kier molecular flexibility index (Phi) is 3.99. The number of hydrogen-bond donors (Lipinski definition) is 1. The van der Waals surface area contributed by atoms with Gasteiger partial charge in [0.25, 0.3) is 0 Å². The van der Waals surface area contributed by atoms with Gasteiger partial charge in [0.1, 0.15) is 0 Å². The Balaban J connectivity index is 1.97. The minimum Gasteiger partial charge on any atom is -0.388 e. The van der Waals surface area contributed by atoms with Crippen molar-refractivity contribution >= 4 is 20.8 Å². The lowest BCUT2D eigenvalue weighted by Crippen LogP contribution is -2.45. The molecule has 0 radical (unpaired) electrons. The minimum atomic E-state index is 0.942. The average Bonchev–Trinajstić information content (AvgIpc) is 2.39. The smallest absolute Gasteiger partial charge is 0.0420 e. The van der Waals surface area contributed by atoms with E-state index in [1.807, 2.05) is 12.1 Å². The van der Waals surface area contributed by atoms with Gasteiger partial charge in [-0.05, 0) is 24.3 Å². The van der Waals surface area contributed by atoms with Crippen LogP contribution in [-0.2, 0) is 4.62 Å². The maximum atomic E-state index is 5.13. The molecule has 1 fully saturated rings. The summed E-state index contributed by atoms with van der Waals surface area (Å²) in [7, 11) is 4.23. The lowest BCUT2D eigenvalue weighted by molar-refractivity contribution is -0.0432. The van der Waals surface area contributed by atoms with E-state index in [1.54, 1.807) is 0 Å². The zero-order valence-electron chi connectivity index (χ0n) is 9.52. The summed E-state index contributed by atoms with van der Waals surface area (Å²) in [6.07, 6.45) is 0. The Hall–Kier alpha value is -0.830. The second-order valence-corrected chi connectivity index (χ2v) is 4.03. The minimum absolute atomic E-state index is 0.942. The lowest BCUT2D eigenvalue weighted by Gasteiger charge is -2.34. The third kappa shape index (κ3) is 2.64. The third-order valence-electron chi connectivity index (χ3n) is 2.91. The van der Waals surface area contributed by atoms with Gasteiger partial charge >= 0.3 is 0 Å². The van der Waals surface area contributed by atoms with Crippen LogP contribution in [0.25, 0.3) is 0 Å². The highest BCUT2D eigenvalue weighted by Gasteiger charge is 2.16. The predicted octanol–water partition coefficient (Wildman–Crippen LogP) is 1.57. The molecular weight excluding hydrogens is 221 g/mol. The molecule has 1 atom stereocenters. The maximum absolute atomic E-state index is 5.13. The van der Waals surface area contributed by atoms with Crippen molar-refractivity contribution in [2.24, 2.45) is 0 Å². The van der Waals surface area contributed by atoms with Crippen molar-refractivity contribution in [3.8, 4) is 0 Å². The van der Waals surface area contributed by atoms with Crippen molar-refractivity contribution in [2.75, 3.05) is 43.4 Å². The molecule has 0 amide bonds. The summed E-state index contributed by atoms with van der Waals surface area (Å²) in [5, 5.41) is 5.09. The first kappa shape index (κ1) is 11.6. The summed E-state index contributed by atoms with van der Waals surface area (Å²) >= 11 is 0. The first-order valence-corrected chi connectivity index (χ1v) is 5.95. The van der Waals surface area contributed by atoms with E-state index >= 15 is 0 Å². The largest absolute Gasteiger partial charge is 0.388 e. The van der Waals surface area contributed by atoms with Crippen LogP contribution in [0.1, 0.15) is 0 Å². The van der Waals surface area contributed by atoms with Crippen LogP contribution in [0.3, 0.4) is 0 Å². The molecule has 0 aromatic heterocycles. The van der Waals surface area contributed by atoms with Gasteiger partial charge in [-0.1, -0.05) is 0 Å². The maximum Gasteiger partial charge on any atom is 0.0420 e. The van der Waals surface area contributed by atoms with Gasteiger partial charge in [-0.25, -0.2) is 0 Å². The Bertz CT molecular complexity index is 323. The van der Waals surface area contributed by atoms with E-state index < -0.39 is 0 Å². The Labute approximate surface area is 98.8 Å². The number of anilines is 2. The molecule has 1 heterocycles. The molecule has 1 aromatic carbocycles. The SMILES string of the molecule is CNc1ccc(N2CCN(OP)CC2)cc1. The summed E-state index contributed by atoms with van der Waals surface area (Å²) in [5.74, 6) is 0. The van der Waals surface area contributed by atoms with Crippen LogP contribution < -0.4 is 10.2 Å². The normalized spacial score (nSPS) is 17.5. The fraction of sp³-hybridized carbons (Fsp3) is 0.455. The lowest BCUT2D eigenvalue weighted by atomic mass is 10.2. The highest BCUT2D eigenvalue weighted by Crippen LogP contribution is 2.19. The van der Waals surface area contributed by atoms with Gasteiger partial charge in [-0.2, -0.15) is 5.06 Å². The number of piperazine rings is 1. The third-order valence-corrected chi connectivity index (χ3v) is 3.21. The predicted molar refractivity (Wildman–Crippen MR) is 70.6 cm³/mol. The standard InChI is InChI=1S/C11H18N3OP/c1-12-10-2-4-11(5-3-10)13-6-8-14(15-16)9-7-13/h2-5,12H,6-9,16H2,1H3.